The zero-order chi connectivity index (χ0) is 21.6. The molecule has 0 aliphatic rings. The van der Waals surface area contributed by atoms with Gasteiger partial charge in [0, 0.05) is 0 Å². The predicted octanol–water partition coefficient (Wildman–Crippen LogP) is 3.00. The molecule has 30 heavy (non-hydrogen) atoms. The highest BCUT2D eigenvalue weighted by Crippen LogP contribution is 2.15. The van der Waals surface area contributed by atoms with E-state index >= 15 is 0 Å². The molecular formula is C21H19F2N3O3S. The van der Waals surface area contributed by atoms with Crippen molar-refractivity contribution >= 4 is 21.6 Å². The average molecular weight is 431 g/mol. The quantitative estimate of drug-likeness (QED) is 0.479. The van der Waals surface area contributed by atoms with Gasteiger partial charge in [-0.05, 0) is 48.4 Å². The topological polar surface area (TPSA) is 87.3 Å². The summed E-state index contributed by atoms with van der Waals surface area (Å²) in [5, 5.41) is 0. The van der Waals surface area contributed by atoms with Crippen molar-refractivity contribution in [1.29, 1.82) is 0 Å². The van der Waals surface area contributed by atoms with Crippen molar-refractivity contribution in [3.8, 4) is 0 Å². The molecule has 0 aliphatic heterocycles. The Morgan fingerprint density at radius 3 is 2.17 bits per heavy atom. The molecule has 0 aliphatic carbocycles. The first-order chi connectivity index (χ1) is 14.3. The van der Waals surface area contributed by atoms with E-state index in [2.05, 4.69) is 15.6 Å². The molecule has 6 nitrogen and oxygen atoms in total. The van der Waals surface area contributed by atoms with E-state index in [4.69, 9.17) is 0 Å². The number of carbonyl (C=O) groups is 1. The van der Waals surface area contributed by atoms with Gasteiger partial charge in [0.2, 0.25) is 10.0 Å². The van der Waals surface area contributed by atoms with Gasteiger partial charge in [0.15, 0.2) is 0 Å². The van der Waals surface area contributed by atoms with Crippen molar-refractivity contribution in [3.63, 3.8) is 0 Å². The van der Waals surface area contributed by atoms with Crippen molar-refractivity contribution in [3.05, 3.63) is 96.1 Å². The summed E-state index contributed by atoms with van der Waals surface area (Å²) in [6.07, 6.45) is 0.0332. The maximum atomic E-state index is 14.0. The summed E-state index contributed by atoms with van der Waals surface area (Å²) >= 11 is 0. The Morgan fingerprint density at radius 2 is 1.50 bits per heavy atom. The summed E-state index contributed by atoms with van der Waals surface area (Å²) in [4.78, 5) is 12.2. The van der Waals surface area contributed by atoms with Gasteiger partial charge in [-0.15, -0.1) is 0 Å². The molecule has 1 atom stereocenters. The van der Waals surface area contributed by atoms with E-state index in [1.807, 2.05) is 0 Å². The van der Waals surface area contributed by atoms with Crippen molar-refractivity contribution in [2.75, 3.05) is 5.43 Å². The molecule has 3 rings (SSSR count). The number of hydrogen-bond acceptors (Lipinski definition) is 4. The summed E-state index contributed by atoms with van der Waals surface area (Å²) in [5.74, 6) is -2.05. The Balaban J connectivity index is 1.79. The van der Waals surface area contributed by atoms with Gasteiger partial charge >= 0.3 is 0 Å². The molecule has 0 bridgehead atoms. The van der Waals surface area contributed by atoms with Gasteiger partial charge in [0.1, 0.15) is 22.6 Å². The number of hydrazine groups is 1. The van der Waals surface area contributed by atoms with Gasteiger partial charge in [-0.1, -0.05) is 42.5 Å². The number of anilines is 1. The Kier molecular flexibility index (Phi) is 6.76. The molecule has 0 heterocycles. The first-order valence-electron chi connectivity index (χ1n) is 8.97. The number of benzene rings is 3. The third-order valence-corrected chi connectivity index (χ3v) is 5.70. The van der Waals surface area contributed by atoms with Crippen LogP contribution in [0.15, 0.2) is 83.8 Å². The van der Waals surface area contributed by atoms with Crippen molar-refractivity contribution in [2.45, 2.75) is 17.4 Å². The van der Waals surface area contributed by atoms with Crippen molar-refractivity contribution in [1.82, 2.24) is 10.1 Å². The average Bonchev–Trinajstić information content (AvgIpc) is 2.73. The molecule has 3 N–H and O–H groups in total. The fraction of sp³-hybridized carbons (Fsp3) is 0.0952. The lowest BCUT2D eigenvalue weighted by Crippen LogP contribution is -2.49. The minimum atomic E-state index is -4.31. The summed E-state index contributed by atoms with van der Waals surface area (Å²) in [7, 11) is -4.31. The minimum absolute atomic E-state index is 0.0332. The number of sulfonamides is 1. The first-order valence-corrected chi connectivity index (χ1v) is 10.5. The lowest BCUT2D eigenvalue weighted by Gasteiger charge is -2.19. The van der Waals surface area contributed by atoms with E-state index in [1.54, 1.807) is 30.3 Å². The van der Waals surface area contributed by atoms with Crippen LogP contribution in [0.3, 0.4) is 0 Å². The third-order valence-electron chi connectivity index (χ3n) is 4.20. The molecule has 0 radical (unpaired) electrons. The van der Waals surface area contributed by atoms with E-state index < -0.39 is 38.5 Å². The monoisotopic (exact) mass is 431 g/mol. The molecule has 1 amide bonds. The Morgan fingerprint density at radius 1 is 0.867 bits per heavy atom. The van der Waals surface area contributed by atoms with Crippen LogP contribution < -0.4 is 15.6 Å². The summed E-state index contributed by atoms with van der Waals surface area (Å²) in [6.45, 7) is 0. The fourth-order valence-electron chi connectivity index (χ4n) is 2.71. The third kappa shape index (κ3) is 5.62. The number of carbonyl (C=O) groups excluding carboxylic acids is 1. The number of amides is 1. The van der Waals surface area contributed by atoms with Crippen molar-refractivity contribution in [2.24, 2.45) is 0 Å². The second kappa shape index (κ2) is 9.47. The Bertz CT molecular complexity index is 1110. The maximum Gasteiger partial charge on any atom is 0.256 e. The molecule has 0 fully saturated rings. The number of nitrogens with one attached hydrogen (secondary N) is 3. The van der Waals surface area contributed by atoms with E-state index in [1.165, 1.54) is 36.4 Å². The lowest BCUT2D eigenvalue weighted by molar-refractivity contribution is -0.122. The molecule has 3 aromatic rings. The Labute approximate surface area is 173 Å². The summed E-state index contributed by atoms with van der Waals surface area (Å²) < 4.78 is 54.6. The van der Waals surface area contributed by atoms with Gasteiger partial charge in [-0.25, -0.2) is 17.2 Å². The van der Waals surface area contributed by atoms with Gasteiger partial charge in [0.25, 0.3) is 5.91 Å². The highest BCUT2D eigenvalue weighted by atomic mass is 32.2. The maximum absolute atomic E-state index is 14.0. The molecule has 3 aromatic carbocycles. The summed E-state index contributed by atoms with van der Waals surface area (Å²) in [5.41, 5.74) is 6.10. The first kappa shape index (κ1) is 21.4. The van der Waals surface area contributed by atoms with Gasteiger partial charge in [-0.2, -0.15) is 4.72 Å². The molecule has 9 heteroatoms. The van der Waals surface area contributed by atoms with Gasteiger partial charge < -0.3 is 0 Å². The van der Waals surface area contributed by atoms with Crippen LogP contribution in [-0.2, 0) is 21.2 Å². The zero-order valence-electron chi connectivity index (χ0n) is 15.7. The van der Waals surface area contributed by atoms with Gasteiger partial charge in [0.05, 0.1) is 5.69 Å². The van der Waals surface area contributed by atoms with E-state index in [-0.39, 0.29) is 6.42 Å². The van der Waals surface area contributed by atoms with Crippen LogP contribution in [0.25, 0.3) is 0 Å². The number of rotatable bonds is 8. The molecule has 0 aromatic heterocycles. The highest BCUT2D eigenvalue weighted by molar-refractivity contribution is 7.89. The second-order valence-electron chi connectivity index (χ2n) is 6.42. The van der Waals surface area contributed by atoms with E-state index in [9.17, 15) is 22.0 Å². The molecule has 156 valence electrons. The van der Waals surface area contributed by atoms with Crippen LogP contribution >= 0.6 is 0 Å². The molecule has 0 saturated heterocycles. The van der Waals surface area contributed by atoms with Gasteiger partial charge in [-0.3, -0.25) is 15.6 Å². The van der Waals surface area contributed by atoms with Crippen LogP contribution in [0.4, 0.5) is 14.5 Å². The van der Waals surface area contributed by atoms with Crippen molar-refractivity contribution < 1.29 is 22.0 Å². The lowest BCUT2D eigenvalue weighted by atomic mass is 10.1. The van der Waals surface area contributed by atoms with E-state index in [0.717, 1.165) is 12.1 Å². The normalized spacial score (nSPS) is 12.2. The SMILES string of the molecule is O=C(NNc1ccc(F)cc1)[C@@H](Cc1ccccc1)NS(=O)(=O)c1ccccc1F. The Hall–Kier alpha value is -3.30. The highest BCUT2D eigenvalue weighted by Gasteiger charge is 2.28. The largest absolute Gasteiger partial charge is 0.299 e. The van der Waals surface area contributed by atoms with Crippen LogP contribution in [0.5, 0.6) is 0 Å². The predicted molar refractivity (Wildman–Crippen MR) is 109 cm³/mol. The molecular weight excluding hydrogens is 412 g/mol. The standard InChI is InChI=1S/C21H19F2N3O3S/c22-16-10-12-17(13-11-16)24-25-21(27)19(14-15-6-2-1-3-7-15)26-30(28,29)20-9-5-4-8-18(20)23/h1-13,19,24,26H,14H2,(H,25,27)/t19-/m1/s1. The zero-order valence-corrected chi connectivity index (χ0v) is 16.5. The smallest absolute Gasteiger partial charge is 0.256 e. The second-order valence-corrected chi connectivity index (χ2v) is 8.10. The number of hydrogen-bond donors (Lipinski definition) is 3. The number of halogens is 2. The van der Waals surface area contributed by atoms with Crippen LogP contribution in [0.2, 0.25) is 0 Å². The minimum Gasteiger partial charge on any atom is -0.299 e. The summed E-state index contributed by atoms with van der Waals surface area (Å²) in [6, 6.07) is 17.7. The molecule has 0 spiro atoms. The van der Waals surface area contributed by atoms with Crippen LogP contribution in [0.1, 0.15) is 5.56 Å². The van der Waals surface area contributed by atoms with Crippen LogP contribution in [0, 0.1) is 11.6 Å². The molecule has 0 saturated carbocycles. The van der Waals surface area contributed by atoms with Crippen LogP contribution in [-0.4, -0.2) is 20.4 Å². The molecule has 0 unspecified atom stereocenters. The van der Waals surface area contributed by atoms with E-state index in [0.29, 0.717) is 11.3 Å². The fourth-order valence-corrected chi connectivity index (χ4v) is 3.98.